The predicted molar refractivity (Wildman–Crippen MR) is 106 cm³/mol. The maximum atomic E-state index is 13.3. The summed E-state index contributed by atoms with van der Waals surface area (Å²) in [5.74, 6) is -0.257. The molecule has 4 rings (SSSR count). The number of carbonyl (C=O) groups is 1. The minimum Gasteiger partial charge on any atom is -0.339 e. The molecule has 1 aromatic carbocycles. The number of amides is 1. The molecule has 0 aliphatic carbocycles. The Labute approximate surface area is 165 Å². The molecule has 1 aromatic heterocycles. The van der Waals surface area contributed by atoms with E-state index in [1.807, 2.05) is 17.9 Å². The van der Waals surface area contributed by atoms with Gasteiger partial charge in [-0.3, -0.25) is 9.78 Å². The first-order valence-corrected chi connectivity index (χ1v) is 8.63. The molecule has 0 atom stereocenters. The van der Waals surface area contributed by atoms with Crippen LogP contribution in [0.1, 0.15) is 35.3 Å². The molecule has 7 heteroatoms. The molecule has 1 N–H and O–H groups in total. The average Bonchev–Trinajstić information content (AvgIpc) is 3.02. The van der Waals surface area contributed by atoms with Crippen molar-refractivity contribution in [2.75, 3.05) is 26.2 Å². The first kappa shape index (κ1) is 20.9. The lowest BCUT2D eigenvalue weighted by atomic mass is 9.78. The molecule has 2 aliphatic heterocycles. The fraction of sp³-hybridized carbons (Fsp3) is 0.474. The summed E-state index contributed by atoms with van der Waals surface area (Å²) in [6.45, 7) is 5.61. The topological polar surface area (TPSA) is 45.2 Å². The Morgan fingerprint density at radius 2 is 1.92 bits per heavy atom. The molecule has 142 valence electrons. The molecular formula is C19H24Cl2FN3O. The number of carbonyl (C=O) groups excluding carboxylic acids is 1. The molecule has 0 unspecified atom stereocenters. The Hall–Kier alpha value is -1.43. The van der Waals surface area contributed by atoms with Gasteiger partial charge < -0.3 is 10.2 Å². The van der Waals surface area contributed by atoms with Crippen molar-refractivity contribution in [1.82, 2.24) is 15.2 Å². The molecule has 4 nitrogen and oxygen atoms in total. The number of nitrogens with zero attached hydrogens (tertiary/aromatic N) is 2. The SMILES string of the molecule is Cc1nc2cc(F)ccc2cc1C(=O)N1CCC2(CCNC2)CC1.Cl.Cl. The van der Waals surface area contributed by atoms with Crippen molar-refractivity contribution in [3.05, 3.63) is 41.3 Å². The number of hydrogen-bond acceptors (Lipinski definition) is 3. The first-order valence-electron chi connectivity index (χ1n) is 8.63. The second-order valence-corrected chi connectivity index (χ2v) is 7.18. The van der Waals surface area contributed by atoms with Crippen molar-refractivity contribution >= 4 is 41.6 Å². The normalized spacial score (nSPS) is 18.5. The molecule has 2 saturated heterocycles. The van der Waals surface area contributed by atoms with Crippen LogP contribution in [0.25, 0.3) is 10.9 Å². The Bertz CT molecular complexity index is 799. The Kier molecular flexibility index (Phi) is 6.48. The average molecular weight is 400 g/mol. The van der Waals surface area contributed by atoms with E-state index in [-0.39, 0.29) is 36.5 Å². The van der Waals surface area contributed by atoms with E-state index in [9.17, 15) is 9.18 Å². The Morgan fingerprint density at radius 1 is 1.19 bits per heavy atom. The summed E-state index contributed by atoms with van der Waals surface area (Å²) >= 11 is 0. The summed E-state index contributed by atoms with van der Waals surface area (Å²) in [5, 5.41) is 4.25. The fourth-order valence-corrected chi connectivity index (χ4v) is 4.03. The van der Waals surface area contributed by atoms with Gasteiger partial charge in [0, 0.05) is 31.1 Å². The highest BCUT2D eigenvalue weighted by Gasteiger charge is 2.38. The van der Waals surface area contributed by atoms with Gasteiger partial charge in [0.25, 0.3) is 5.91 Å². The number of nitrogens with one attached hydrogen (secondary N) is 1. The number of benzene rings is 1. The van der Waals surface area contributed by atoms with Gasteiger partial charge in [0.1, 0.15) is 5.82 Å². The van der Waals surface area contributed by atoms with E-state index in [4.69, 9.17) is 0 Å². The Balaban J connectivity index is 0.00000121. The molecule has 1 amide bonds. The lowest BCUT2D eigenvalue weighted by molar-refractivity contribution is 0.0606. The van der Waals surface area contributed by atoms with Gasteiger partial charge in [0.15, 0.2) is 0 Å². The number of halogens is 3. The number of rotatable bonds is 1. The largest absolute Gasteiger partial charge is 0.339 e. The highest BCUT2D eigenvalue weighted by molar-refractivity contribution is 5.98. The predicted octanol–water partition coefficient (Wildman–Crippen LogP) is 3.74. The zero-order valence-electron chi connectivity index (χ0n) is 14.8. The third kappa shape index (κ3) is 3.80. The molecule has 2 aromatic rings. The number of piperidine rings is 1. The van der Waals surface area contributed by atoms with Gasteiger partial charge in [0.05, 0.1) is 16.8 Å². The third-order valence-electron chi connectivity index (χ3n) is 5.64. The second kappa shape index (κ2) is 8.07. The number of pyridine rings is 1. The monoisotopic (exact) mass is 399 g/mol. The summed E-state index contributed by atoms with van der Waals surface area (Å²) < 4.78 is 13.3. The maximum Gasteiger partial charge on any atom is 0.255 e. The second-order valence-electron chi connectivity index (χ2n) is 7.18. The number of hydrogen-bond donors (Lipinski definition) is 1. The smallest absolute Gasteiger partial charge is 0.255 e. The highest BCUT2D eigenvalue weighted by atomic mass is 35.5. The summed E-state index contributed by atoms with van der Waals surface area (Å²) in [7, 11) is 0. The molecule has 3 heterocycles. The van der Waals surface area contributed by atoms with Crippen LogP contribution in [0.2, 0.25) is 0 Å². The molecule has 0 radical (unpaired) electrons. The van der Waals surface area contributed by atoms with Crippen molar-refractivity contribution in [2.24, 2.45) is 5.41 Å². The van der Waals surface area contributed by atoms with Crippen LogP contribution >= 0.6 is 24.8 Å². The van der Waals surface area contributed by atoms with Crippen molar-refractivity contribution in [3.63, 3.8) is 0 Å². The van der Waals surface area contributed by atoms with E-state index in [1.165, 1.54) is 18.6 Å². The van der Waals surface area contributed by atoms with E-state index in [2.05, 4.69) is 10.3 Å². The maximum absolute atomic E-state index is 13.3. The van der Waals surface area contributed by atoms with Gasteiger partial charge in [-0.15, -0.1) is 24.8 Å². The van der Waals surface area contributed by atoms with Crippen LogP contribution in [0.15, 0.2) is 24.3 Å². The van der Waals surface area contributed by atoms with Crippen LogP contribution in [0.5, 0.6) is 0 Å². The molecule has 2 aliphatic rings. The van der Waals surface area contributed by atoms with Crippen molar-refractivity contribution in [1.29, 1.82) is 0 Å². The van der Waals surface area contributed by atoms with E-state index in [1.54, 1.807) is 6.07 Å². The molecular weight excluding hydrogens is 376 g/mol. The standard InChI is InChI=1S/C19H22FN3O.2ClH/c1-13-16(10-14-2-3-15(20)11-17(14)22-13)18(24)23-8-5-19(6-9-23)4-7-21-12-19;;/h2-3,10-11,21H,4-9,12H2,1H3;2*1H. The lowest BCUT2D eigenvalue weighted by Gasteiger charge is -2.39. The van der Waals surface area contributed by atoms with Gasteiger partial charge in [-0.05, 0) is 56.3 Å². The summed E-state index contributed by atoms with van der Waals surface area (Å²) in [5.41, 5.74) is 2.29. The van der Waals surface area contributed by atoms with Crippen molar-refractivity contribution in [3.8, 4) is 0 Å². The van der Waals surface area contributed by atoms with Gasteiger partial charge in [-0.1, -0.05) is 0 Å². The Morgan fingerprint density at radius 3 is 2.58 bits per heavy atom. The van der Waals surface area contributed by atoms with Gasteiger partial charge in [-0.25, -0.2) is 4.39 Å². The van der Waals surface area contributed by atoms with Crippen molar-refractivity contribution in [2.45, 2.75) is 26.2 Å². The van der Waals surface area contributed by atoms with E-state index < -0.39 is 0 Å². The molecule has 26 heavy (non-hydrogen) atoms. The molecule has 1 spiro atoms. The summed E-state index contributed by atoms with van der Waals surface area (Å²) in [6, 6.07) is 6.35. The summed E-state index contributed by atoms with van der Waals surface area (Å²) in [6.07, 6.45) is 3.35. The number of fused-ring (bicyclic) bond motifs is 1. The minimum atomic E-state index is -0.306. The van der Waals surface area contributed by atoms with E-state index in [0.29, 0.717) is 22.2 Å². The number of aromatic nitrogens is 1. The van der Waals surface area contributed by atoms with Crippen LogP contribution in [-0.2, 0) is 0 Å². The lowest BCUT2D eigenvalue weighted by Crippen LogP contribution is -2.44. The zero-order chi connectivity index (χ0) is 16.7. The van der Waals surface area contributed by atoms with Gasteiger partial charge >= 0.3 is 0 Å². The molecule has 0 saturated carbocycles. The minimum absolute atomic E-state index is 0. The van der Waals surface area contributed by atoms with Crippen LogP contribution in [0.3, 0.4) is 0 Å². The van der Waals surface area contributed by atoms with E-state index >= 15 is 0 Å². The zero-order valence-corrected chi connectivity index (χ0v) is 16.4. The fourth-order valence-electron chi connectivity index (χ4n) is 4.03. The van der Waals surface area contributed by atoms with Crippen LogP contribution in [-0.4, -0.2) is 42.0 Å². The van der Waals surface area contributed by atoms with E-state index in [0.717, 1.165) is 44.4 Å². The van der Waals surface area contributed by atoms with Crippen LogP contribution in [0, 0.1) is 18.2 Å². The molecule has 2 fully saturated rings. The van der Waals surface area contributed by atoms with Crippen molar-refractivity contribution < 1.29 is 9.18 Å². The molecule has 0 bridgehead atoms. The quantitative estimate of drug-likeness (QED) is 0.793. The first-order chi connectivity index (χ1) is 11.6. The van der Waals surface area contributed by atoms with Crippen LogP contribution in [0.4, 0.5) is 4.39 Å². The van der Waals surface area contributed by atoms with Gasteiger partial charge in [-0.2, -0.15) is 0 Å². The third-order valence-corrected chi connectivity index (χ3v) is 5.64. The van der Waals surface area contributed by atoms with Gasteiger partial charge in [0.2, 0.25) is 0 Å². The number of aryl methyl sites for hydroxylation is 1. The number of likely N-dealkylation sites (tertiary alicyclic amines) is 1. The van der Waals surface area contributed by atoms with Crippen LogP contribution < -0.4 is 5.32 Å². The summed E-state index contributed by atoms with van der Waals surface area (Å²) in [4.78, 5) is 19.3. The highest BCUT2D eigenvalue weighted by Crippen LogP contribution is 2.37.